The summed E-state index contributed by atoms with van der Waals surface area (Å²) in [4.78, 5) is 29.1. The minimum absolute atomic E-state index is 0.121. The lowest BCUT2D eigenvalue weighted by Crippen LogP contribution is -2.64. The van der Waals surface area contributed by atoms with Gasteiger partial charge in [-0.1, -0.05) is 37.8 Å². The van der Waals surface area contributed by atoms with Crippen molar-refractivity contribution in [3.8, 4) is 17.2 Å². The summed E-state index contributed by atoms with van der Waals surface area (Å²) in [7, 11) is 0. The molecular weight excluding hydrogens is 432 g/mol. The van der Waals surface area contributed by atoms with Crippen LogP contribution < -0.4 is 5.32 Å². The first-order chi connectivity index (χ1) is 16.4. The molecule has 1 fully saturated rings. The van der Waals surface area contributed by atoms with E-state index in [9.17, 15) is 14.7 Å². The first-order valence-electron chi connectivity index (χ1n) is 12.0. The van der Waals surface area contributed by atoms with Gasteiger partial charge in [0.2, 0.25) is 5.91 Å². The molecule has 1 aliphatic heterocycles. The van der Waals surface area contributed by atoms with E-state index in [1.165, 1.54) is 12.8 Å². The third-order valence-corrected chi connectivity index (χ3v) is 7.03. The number of phenolic OH excluding ortho intramolecular Hbond substituents is 1. The number of rotatable bonds is 5. The van der Waals surface area contributed by atoms with Gasteiger partial charge in [0.25, 0.3) is 5.91 Å². The summed E-state index contributed by atoms with van der Waals surface area (Å²) in [5.41, 5.74) is 0.691. The molecule has 2 amide bonds. The summed E-state index contributed by atoms with van der Waals surface area (Å²) in [5, 5.41) is 17.5. The first kappa shape index (κ1) is 22.3. The van der Waals surface area contributed by atoms with E-state index < -0.39 is 5.54 Å². The smallest absolute Gasteiger partial charge is 0.273 e. The van der Waals surface area contributed by atoms with Crippen molar-refractivity contribution in [2.24, 2.45) is 0 Å². The predicted molar refractivity (Wildman–Crippen MR) is 126 cm³/mol. The van der Waals surface area contributed by atoms with Crippen LogP contribution in [0.1, 0.15) is 61.5 Å². The fourth-order valence-corrected chi connectivity index (χ4v) is 4.98. The highest BCUT2D eigenvalue weighted by Gasteiger charge is 2.48. The monoisotopic (exact) mass is 462 g/mol. The predicted octanol–water partition coefficient (Wildman–Crippen LogP) is 4.10. The van der Waals surface area contributed by atoms with Crippen LogP contribution in [0.5, 0.6) is 5.75 Å². The lowest BCUT2D eigenvalue weighted by Gasteiger charge is -2.44. The lowest BCUT2D eigenvalue weighted by molar-refractivity contribution is -0.134. The van der Waals surface area contributed by atoms with Crippen LogP contribution in [0, 0.1) is 0 Å². The van der Waals surface area contributed by atoms with Crippen LogP contribution in [-0.2, 0) is 17.9 Å². The summed E-state index contributed by atoms with van der Waals surface area (Å²) >= 11 is 0. The van der Waals surface area contributed by atoms with E-state index in [4.69, 9.17) is 4.42 Å². The molecule has 1 atom stereocenters. The third-order valence-electron chi connectivity index (χ3n) is 7.03. The fraction of sp³-hybridized carbons (Fsp3) is 0.423. The summed E-state index contributed by atoms with van der Waals surface area (Å²) in [5.74, 6) is 0.309. The highest BCUT2D eigenvalue weighted by atomic mass is 16.3. The Labute approximate surface area is 198 Å². The Hall–Kier alpha value is -3.55. The molecule has 0 spiro atoms. The van der Waals surface area contributed by atoms with Crippen molar-refractivity contribution >= 4 is 11.8 Å². The molecule has 8 heteroatoms. The number of hydrogen-bond donors (Lipinski definition) is 2. The quantitative estimate of drug-likeness (QED) is 0.556. The number of phenols is 1. The molecule has 1 aromatic carbocycles. The molecule has 0 saturated heterocycles. The first-order valence-corrected chi connectivity index (χ1v) is 12.0. The van der Waals surface area contributed by atoms with Crippen molar-refractivity contribution in [2.45, 2.75) is 70.1 Å². The van der Waals surface area contributed by atoms with Crippen molar-refractivity contribution in [1.29, 1.82) is 0 Å². The number of hydrogen-bond acceptors (Lipinski definition) is 5. The fourth-order valence-electron chi connectivity index (χ4n) is 4.98. The molecule has 0 bridgehead atoms. The summed E-state index contributed by atoms with van der Waals surface area (Å²) in [6, 6.07) is 12.1. The molecule has 1 saturated carbocycles. The van der Waals surface area contributed by atoms with E-state index in [0.717, 1.165) is 31.2 Å². The zero-order valence-corrected chi connectivity index (χ0v) is 19.4. The number of fused-ring (bicyclic) bond motifs is 1. The largest absolute Gasteiger partial charge is 0.508 e. The maximum Gasteiger partial charge on any atom is 0.273 e. The number of carbonyl (C=O) groups is 2. The Balaban J connectivity index is 1.49. The third kappa shape index (κ3) is 4.20. The van der Waals surface area contributed by atoms with E-state index >= 15 is 0 Å². The highest BCUT2D eigenvalue weighted by molar-refractivity contribution is 6.00. The van der Waals surface area contributed by atoms with Crippen LogP contribution in [0.15, 0.2) is 53.1 Å². The zero-order valence-electron chi connectivity index (χ0n) is 19.4. The van der Waals surface area contributed by atoms with Crippen molar-refractivity contribution in [3.05, 3.63) is 60.0 Å². The van der Waals surface area contributed by atoms with E-state index in [-0.39, 0.29) is 36.7 Å². The number of aromatic hydroxyl groups is 1. The highest BCUT2D eigenvalue weighted by Crippen LogP contribution is 2.32. The molecule has 0 radical (unpaired) electrons. The number of furan rings is 1. The number of benzene rings is 1. The van der Waals surface area contributed by atoms with Crippen LogP contribution in [0.3, 0.4) is 0 Å². The molecule has 3 heterocycles. The molecular formula is C26H30N4O4. The van der Waals surface area contributed by atoms with E-state index in [1.807, 2.05) is 6.92 Å². The van der Waals surface area contributed by atoms with Gasteiger partial charge in [-0.15, -0.1) is 0 Å². The number of carbonyl (C=O) groups excluding carboxylic acids is 2. The molecule has 1 aliphatic carbocycles. The average molecular weight is 463 g/mol. The van der Waals surface area contributed by atoms with E-state index in [2.05, 4.69) is 10.4 Å². The average Bonchev–Trinajstić information content (AvgIpc) is 3.43. The Bertz CT molecular complexity index is 1160. The van der Waals surface area contributed by atoms with Gasteiger partial charge in [-0.2, -0.15) is 5.10 Å². The van der Waals surface area contributed by atoms with Gasteiger partial charge in [-0.25, -0.2) is 0 Å². The lowest BCUT2D eigenvalue weighted by atomic mass is 9.93. The summed E-state index contributed by atoms with van der Waals surface area (Å²) in [6.07, 6.45) is 8.09. The van der Waals surface area contributed by atoms with Crippen LogP contribution in [-0.4, -0.2) is 43.2 Å². The van der Waals surface area contributed by atoms with Gasteiger partial charge in [-0.05, 0) is 49.6 Å². The Morgan fingerprint density at radius 1 is 1.18 bits per heavy atom. The van der Waals surface area contributed by atoms with Crippen molar-refractivity contribution in [3.63, 3.8) is 0 Å². The topological polar surface area (TPSA) is 101 Å². The molecule has 2 aromatic heterocycles. The second-order valence-corrected chi connectivity index (χ2v) is 9.54. The van der Waals surface area contributed by atoms with Gasteiger partial charge in [0.15, 0.2) is 5.76 Å². The Kier molecular flexibility index (Phi) is 5.89. The standard InChI is InChI=1S/C26H30N4O4/c1-26(25(33)27-19-7-4-2-3-5-8-19)17-30-22(15-21(28-30)23-9-6-14-34-23)24(32)29(26)16-18-10-12-20(31)13-11-18/h6,9-15,19,31H,2-5,7-8,16-17H2,1H3,(H,27,33). The number of nitrogens with zero attached hydrogens (tertiary/aromatic N) is 3. The maximum absolute atomic E-state index is 13.7. The SMILES string of the molecule is CC1(C(=O)NC2CCCCCC2)Cn2nc(-c3ccco3)cc2C(=O)N1Cc1ccc(O)cc1. The Morgan fingerprint density at radius 3 is 2.59 bits per heavy atom. The van der Waals surface area contributed by atoms with Gasteiger partial charge >= 0.3 is 0 Å². The molecule has 3 aromatic rings. The van der Waals surface area contributed by atoms with Crippen LogP contribution in [0.2, 0.25) is 0 Å². The number of aromatic nitrogens is 2. The minimum atomic E-state index is -1.12. The second kappa shape index (κ2) is 9.00. The van der Waals surface area contributed by atoms with Gasteiger partial charge in [0, 0.05) is 18.7 Å². The van der Waals surface area contributed by atoms with E-state index in [0.29, 0.717) is 17.1 Å². The van der Waals surface area contributed by atoms with Gasteiger partial charge in [-0.3, -0.25) is 14.3 Å². The van der Waals surface area contributed by atoms with Gasteiger partial charge < -0.3 is 19.7 Å². The van der Waals surface area contributed by atoms with Crippen LogP contribution in [0.25, 0.3) is 11.5 Å². The number of nitrogens with one attached hydrogen (secondary N) is 1. The molecule has 5 rings (SSSR count). The molecule has 8 nitrogen and oxygen atoms in total. The second-order valence-electron chi connectivity index (χ2n) is 9.54. The molecule has 2 aliphatic rings. The normalized spacial score (nSPS) is 21.2. The maximum atomic E-state index is 13.7. The van der Waals surface area contributed by atoms with Gasteiger partial charge in [0.1, 0.15) is 22.7 Å². The summed E-state index contributed by atoms with van der Waals surface area (Å²) < 4.78 is 7.10. The molecule has 1 unspecified atom stereocenters. The van der Waals surface area contributed by atoms with E-state index in [1.54, 1.807) is 58.3 Å². The molecule has 178 valence electrons. The minimum Gasteiger partial charge on any atom is -0.508 e. The molecule has 34 heavy (non-hydrogen) atoms. The zero-order chi connectivity index (χ0) is 23.7. The van der Waals surface area contributed by atoms with Crippen molar-refractivity contribution < 1.29 is 19.1 Å². The Morgan fingerprint density at radius 2 is 1.91 bits per heavy atom. The van der Waals surface area contributed by atoms with Crippen molar-refractivity contribution in [1.82, 2.24) is 20.0 Å². The van der Waals surface area contributed by atoms with Crippen LogP contribution >= 0.6 is 0 Å². The molecule has 2 N–H and O–H groups in total. The van der Waals surface area contributed by atoms with Crippen molar-refractivity contribution in [2.75, 3.05) is 0 Å². The number of amides is 2. The van der Waals surface area contributed by atoms with Gasteiger partial charge in [0.05, 0.1) is 12.8 Å². The summed E-state index contributed by atoms with van der Waals surface area (Å²) in [6.45, 7) is 2.30. The van der Waals surface area contributed by atoms with Crippen LogP contribution in [0.4, 0.5) is 0 Å².